The SMILES string of the molecule is CC(C)(O)CCC(C)(C)COCC(=O)O. The third-order valence-electron chi connectivity index (χ3n) is 2.13. The molecule has 0 saturated heterocycles. The Morgan fingerprint density at radius 3 is 2.13 bits per heavy atom. The van der Waals surface area contributed by atoms with Crippen molar-refractivity contribution in [2.24, 2.45) is 5.41 Å². The van der Waals surface area contributed by atoms with E-state index in [0.717, 1.165) is 6.42 Å². The van der Waals surface area contributed by atoms with Gasteiger partial charge in [-0.2, -0.15) is 0 Å². The maximum Gasteiger partial charge on any atom is 0.329 e. The van der Waals surface area contributed by atoms with Gasteiger partial charge in [0.25, 0.3) is 0 Å². The third-order valence-corrected chi connectivity index (χ3v) is 2.13. The fraction of sp³-hybridized carbons (Fsp3) is 0.909. The topological polar surface area (TPSA) is 66.8 Å². The molecule has 0 aromatic carbocycles. The zero-order valence-electron chi connectivity index (χ0n) is 10.0. The molecule has 4 nitrogen and oxygen atoms in total. The number of hydrogen-bond acceptors (Lipinski definition) is 3. The summed E-state index contributed by atoms with van der Waals surface area (Å²) in [4.78, 5) is 10.2. The van der Waals surface area contributed by atoms with E-state index in [1.165, 1.54) is 0 Å². The minimum Gasteiger partial charge on any atom is -0.480 e. The number of carboxylic acid groups (broad SMARTS) is 1. The van der Waals surface area contributed by atoms with E-state index in [0.29, 0.717) is 13.0 Å². The summed E-state index contributed by atoms with van der Waals surface area (Å²) in [7, 11) is 0. The molecule has 0 atom stereocenters. The molecule has 0 aromatic rings. The van der Waals surface area contributed by atoms with Crippen LogP contribution in [-0.4, -0.2) is 35.0 Å². The average Bonchev–Trinajstić information content (AvgIpc) is 1.99. The predicted octanol–water partition coefficient (Wildman–Crippen LogP) is 1.66. The zero-order valence-corrected chi connectivity index (χ0v) is 10.0. The summed E-state index contributed by atoms with van der Waals surface area (Å²) in [6, 6.07) is 0. The highest BCUT2D eigenvalue weighted by Gasteiger charge is 2.23. The number of carbonyl (C=O) groups is 1. The number of rotatable bonds is 7. The van der Waals surface area contributed by atoms with E-state index >= 15 is 0 Å². The summed E-state index contributed by atoms with van der Waals surface area (Å²) < 4.78 is 5.04. The molecule has 0 aliphatic heterocycles. The summed E-state index contributed by atoms with van der Waals surface area (Å²) in [5.74, 6) is -0.951. The van der Waals surface area contributed by atoms with Crippen LogP contribution in [0.25, 0.3) is 0 Å². The van der Waals surface area contributed by atoms with Gasteiger partial charge < -0.3 is 14.9 Å². The number of carboxylic acids is 1. The van der Waals surface area contributed by atoms with E-state index < -0.39 is 11.6 Å². The molecule has 0 radical (unpaired) electrons. The van der Waals surface area contributed by atoms with Gasteiger partial charge in [0, 0.05) is 0 Å². The molecule has 0 aliphatic carbocycles. The Bertz CT molecular complexity index is 203. The van der Waals surface area contributed by atoms with Crippen molar-refractivity contribution in [2.45, 2.75) is 46.1 Å². The lowest BCUT2D eigenvalue weighted by molar-refractivity contribution is -0.143. The van der Waals surface area contributed by atoms with Crippen molar-refractivity contribution in [1.82, 2.24) is 0 Å². The Labute approximate surface area is 91.3 Å². The lowest BCUT2D eigenvalue weighted by Crippen LogP contribution is -2.26. The van der Waals surface area contributed by atoms with Crippen LogP contribution in [0.5, 0.6) is 0 Å². The Kier molecular flexibility index (Phi) is 5.24. The Hall–Kier alpha value is -0.610. The van der Waals surface area contributed by atoms with Crippen LogP contribution < -0.4 is 0 Å². The summed E-state index contributed by atoms with van der Waals surface area (Å²) >= 11 is 0. The third kappa shape index (κ3) is 9.69. The Morgan fingerprint density at radius 2 is 1.73 bits per heavy atom. The van der Waals surface area contributed by atoms with E-state index in [4.69, 9.17) is 9.84 Å². The van der Waals surface area contributed by atoms with E-state index in [9.17, 15) is 9.90 Å². The number of aliphatic hydroxyl groups is 1. The van der Waals surface area contributed by atoms with Crippen molar-refractivity contribution >= 4 is 5.97 Å². The van der Waals surface area contributed by atoms with Gasteiger partial charge in [-0.25, -0.2) is 4.79 Å². The van der Waals surface area contributed by atoms with Gasteiger partial charge in [0.2, 0.25) is 0 Å². The molecule has 0 spiro atoms. The molecular weight excluding hydrogens is 196 g/mol. The van der Waals surface area contributed by atoms with E-state index in [1.807, 2.05) is 13.8 Å². The molecule has 0 aromatic heterocycles. The fourth-order valence-corrected chi connectivity index (χ4v) is 1.13. The summed E-state index contributed by atoms with van der Waals surface area (Å²) in [6.07, 6.45) is 1.48. The lowest BCUT2D eigenvalue weighted by Gasteiger charge is -2.27. The largest absolute Gasteiger partial charge is 0.480 e. The molecule has 2 N–H and O–H groups in total. The molecule has 0 heterocycles. The molecule has 15 heavy (non-hydrogen) atoms. The number of ether oxygens (including phenoxy) is 1. The maximum absolute atomic E-state index is 10.2. The highest BCUT2D eigenvalue weighted by Crippen LogP contribution is 2.26. The first-order valence-electron chi connectivity index (χ1n) is 5.14. The average molecular weight is 218 g/mol. The highest BCUT2D eigenvalue weighted by molar-refractivity contribution is 5.67. The second kappa shape index (κ2) is 5.47. The fourth-order valence-electron chi connectivity index (χ4n) is 1.13. The molecule has 4 heteroatoms. The molecular formula is C11H22O4. The first-order valence-corrected chi connectivity index (χ1v) is 5.14. The smallest absolute Gasteiger partial charge is 0.329 e. The maximum atomic E-state index is 10.2. The van der Waals surface area contributed by atoms with Crippen LogP contribution in [0.4, 0.5) is 0 Å². The van der Waals surface area contributed by atoms with Crippen LogP contribution in [-0.2, 0) is 9.53 Å². The molecule has 0 bridgehead atoms. The van der Waals surface area contributed by atoms with Gasteiger partial charge in [-0.3, -0.25) is 0 Å². The molecule has 0 unspecified atom stereocenters. The van der Waals surface area contributed by atoms with Crippen LogP contribution in [0, 0.1) is 5.41 Å². The van der Waals surface area contributed by atoms with Crippen molar-refractivity contribution in [3.8, 4) is 0 Å². The first kappa shape index (κ1) is 14.4. The van der Waals surface area contributed by atoms with Crippen LogP contribution >= 0.6 is 0 Å². The summed E-state index contributed by atoms with van der Waals surface area (Å²) in [5.41, 5.74) is -0.778. The molecule has 0 amide bonds. The van der Waals surface area contributed by atoms with Crippen LogP contribution in [0.2, 0.25) is 0 Å². The van der Waals surface area contributed by atoms with E-state index in [1.54, 1.807) is 13.8 Å². The minimum atomic E-state index is -0.951. The second-order valence-corrected chi connectivity index (χ2v) is 5.36. The van der Waals surface area contributed by atoms with Crippen molar-refractivity contribution in [1.29, 1.82) is 0 Å². The predicted molar refractivity (Wildman–Crippen MR) is 57.8 cm³/mol. The molecule has 0 rings (SSSR count). The van der Waals surface area contributed by atoms with Gasteiger partial charge in [-0.05, 0) is 32.1 Å². The first-order chi connectivity index (χ1) is 6.62. The quantitative estimate of drug-likeness (QED) is 0.682. The highest BCUT2D eigenvalue weighted by atomic mass is 16.5. The second-order valence-electron chi connectivity index (χ2n) is 5.36. The van der Waals surface area contributed by atoms with Crippen LogP contribution in [0.15, 0.2) is 0 Å². The lowest BCUT2D eigenvalue weighted by atomic mass is 9.85. The van der Waals surface area contributed by atoms with Gasteiger partial charge in [0.05, 0.1) is 12.2 Å². The molecule has 0 saturated carbocycles. The van der Waals surface area contributed by atoms with Gasteiger partial charge in [0.1, 0.15) is 6.61 Å². The van der Waals surface area contributed by atoms with E-state index in [2.05, 4.69) is 0 Å². The number of aliphatic carboxylic acids is 1. The van der Waals surface area contributed by atoms with Gasteiger partial charge >= 0.3 is 5.97 Å². The summed E-state index contributed by atoms with van der Waals surface area (Å²) in [5, 5.41) is 18.0. The monoisotopic (exact) mass is 218 g/mol. The minimum absolute atomic E-state index is 0.102. The number of hydrogen-bond donors (Lipinski definition) is 2. The molecule has 90 valence electrons. The standard InChI is InChI=1S/C11H22O4/c1-10(2,5-6-11(3,4)14)8-15-7-9(12)13/h14H,5-8H2,1-4H3,(H,12,13). The Morgan fingerprint density at radius 1 is 1.20 bits per heavy atom. The van der Waals surface area contributed by atoms with Gasteiger partial charge in [-0.15, -0.1) is 0 Å². The van der Waals surface area contributed by atoms with Crippen molar-refractivity contribution < 1.29 is 19.7 Å². The van der Waals surface area contributed by atoms with Crippen LogP contribution in [0.1, 0.15) is 40.5 Å². The summed E-state index contributed by atoms with van der Waals surface area (Å²) in [6.45, 7) is 7.67. The van der Waals surface area contributed by atoms with Crippen LogP contribution in [0.3, 0.4) is 0 Å². The molecule has 0 fully saturated rings. The van der Waals surface area contributed by atoms with Crippen molar-refractivity contribution in [3.05, 3.63) is 0 Å². The Balaban J connectivity index is 3.81. The van der Waals surface area contributed by atoms with Crippen molar-refractivity contribution in [3.63, 3.8) is 0 Å². The zero-order chi connectivity index (χ0) is 12.1. The van der Waals surface area contributed by atoms with Gasteiger partial charge in [0.15, 0.2) is 0 Å². The van der Waals surface area contributed by atoms with Crippen molar-refractivity contribution in [2.75, 3.05) is 13.2 Å². The molecule has 0 aliphatic rings. The normalized spacial score (nSPS) is 12.9. The van der Waals surface area contributed by atoms with E-state index in [-0.39, 0.29) is 12.0 Å². The van der Waals surface area contributed by atoms with Gasteiger partial charge in [-0.1, -0.05) is 13.8 Å².